The van der Waals surface area contributed by atoms with E-state index in [1.807, 2.05) is 12.1 Å². The number of hydrogen-bond donors (Lipinski definition) is 1. The number of hydrogen-bond acceptors (Lipinski definition) is 2. The Morgan fingerprint density at radius 1 is 1.24 bits per heavy atom. The van der Waals surface area contributed by atoms with Crippen molar-refractivity contribution in [2.24, 2.45) is 0 Å². The van der Waals surface area contributed by atoms with Crippen molar-refractivity contribution in [2.45, 2.75) is 64.8 Å². The van der Waals surface area contributed by atoms with Gasteiger partial charge in [-0.1, -0.05) is 20.3 Å². The average molecular weight is 288 g/mol. The molecule has 1 fully saturated rings. The highest BCUT2D eigenvalue weighted by molar-refractivity contribution is 5.90. The van der Waals surface area contributed by atoms with Crippen LogP contribution in [0.15, 0.2) is 24.3 Å². The largest absolute Gasteiger partial charge is 0.369 e. The van der Waals surface area contributed by atoms with E-state index in [2.05, 4.69) is 36.2 Å². The Balaban J connectivity index is 1.96. The highest BCUT2D eigenvalue weighted by atomic mass is 16.1. The zero-order chi connectivity index (χ0) is 15.1. The summed E-state index contributed by atoms with van der Waals surface area (Å²) in [6.45, 7) is 5.52. The van der Waals surface area contributed by atoms with E-state index in [0.717, 1.165) is 25.1 Å². The minimum absolute atomic E-state index is 0.119. The normalized spacial score (nSPS) is 18.6. The molecule has 0 bridgehead atoms. The molecule has 0 aliphatic carbocycles. The summed E-state index contributed by atoms with van der Waals surface area (Å²) < 4.78 is 0. The van der Waals surface area contributed by atoms with E-state index in [0.29, 0.717) is 12.5 Å². The molecule has 1 unspecified atom stereocenters. The number of anilines is 2. The van der Waals surface area contributed by atoms with Gasteiger partial charge in [0.2, 0.25) is 5.91 Å². The highest BCUT2D eigenvalue weighted by Crippen LogP contribution is 2.27. The molecular weight excluding hydrogens is 260 g/mol. The number of unbranched alkanes of at least 4 members (excludes halogenated alkanes) is 1. The molecule has 3 heteroatoms. The maximum atomic E-state index is 11.7. The Bertz CT molecular complexity index is 441. The van der Waals surface area contributed by atoms with Crippen LogP contribution in [0.3, 0.4) is 0 Å². The van der Waals surface area contributed by atoms with E-state index in [4.69, 9.17) is 0 Å². The molecule has 0 spiro atoms. The molecule has 1 saturated heterocycles. The van der Waals surface area contributed by atoms with Gasteiger partial charge in [0, 0.05) is 30.4 Å². The van der Waals surface area contributed by atoms with Crippen molar-refractivity contribution < 1.29 is 4.79 Å². The van der Waals surface area contributed by atoms with Crippen molar-refractivity contribution in [3.05, 3.63) is 24.3 Å². The molecule has 1 N–H and O–H groups in total. The molecule has 3 nitrogen and oxygen atoms in total. The molecule has 1 aliphatic rings. The lowest BCUT2D eigenvalue weighted by Crippen LogP contribution is -2.39. The molecular formula is C18H28N2O. The summed E-state index contributed by atoms with van der Waals surface area (Å²) in [5.74, 6) is 0.119. The van der Waals surface area contributed by atoms with Crippen molar-refractivity contribution in [1.29, 1.82) is 0 Å². The molecule has 21 heavy (non-hydrogen) atoms. The molecule has 116 valence electrons. The van der Waals surface area contributed by atoms with Gasteiger partial charge in [-0.2, -0.15) is 0 Å². The van der Waals surface area contributed by atoms with Crippen LogP contribution in [0.5, 0.6) is 0 Å². The summed E-state index contributed by atoms with van der Waals surface area (Å²) in [6.07, 6.45) is 7.76. The van der Waals surface area contributed by atoms with E-state index in [-0.39, 0.29) is 5.91 Å². The summed E-state index contributed by atoms with van der Waals surface area (Å²) in [6, 6.07) is 9.01. The minimum Gasteiger partial charge on any atom is -0.369 e. The summed E-state index contributed by atoms with van der Waals surface area (Å²) in [7, 11) is 0. The molecule has 0 aromatic heterocycles. The third-order valence-corrected chi connectivity index (χ3v) is 4.34. The molecule has 0 radical (unpaired) electrons. The lowest BCUT2D eigenvalue weighted by molar-refractivity contribution is -0.116. The summed E-state index contributed by atoms with van der Waals surface area (Å²) in [5.41, 5.74) is 2.19. The maximum absolute atomic E-state index is 11.7. The average Bonchev–Trinajstić information content (AvgIpc) is 2.53. The smallest absolute Gasteiger partial charge is 0.224 e. The third kappa shape index (κ3) is 4.48. The first kappa shape index (κ1) is 15.9. The van der Waals surface area contributed by atoms with Crippen LogP contribution in [0, 0.1) is 0 Å². The fourth-order valence-corrected chi connectivity index (χ4v) is 3.06. The summed E-state index contributed by atoms with van der Waals surface area (Å²) in [5, 5.41) is 2.97. The van der Waals surface area contributed by atoms with Gasteiger partial charge in [-0.15, -0.1) is 0 Å². The summed E-state index contributed by atoms with van der Waals surface area (Å²) >= 11 is 0. The Kier molecular flexibility index (Phi) is 6.09. The SMILES string of the molecule is CCCCC(=O)Nc1ccc(N2CCCCC2CC)cc1. The van der Waals surface area contributed by atoms with Gasteiger partial charge in [0.25, 0.3) is 0 Å². The van der Waals surface area contributed by atoms with Gasteiger partial charge in [0.05, 0.1) is 0 Å². The number of carbonyl (C=O) groups is 1. The van der Waals surface area contributed by atoms with Gasteiger partial charge in [-0.25, -0.2) is 0 Å². The standard InChI is InChI=1S/C18H28N2O/c1-3-5-9-18(21)19-15-10-12-17(13-11-15)20-14-7-6-8-16(20)4-2/h10-13,16H,3-9,14H2,1-2H3,(H,19,21). The quantitative estimate of drug-likeness (QED) is 0.830. The van der Waals surface area contributed by atoms with Crippen LogP contribution >= 0.6 is 0 Å². The number of benzene rings is 1. The van der Waals surface area contributed by atoms with Crippen molar-refractivity contribution in [3.8, 4) is 0 Å². The number of nitrogens with one attached hydrogen (secondary N) is 1. The Hall–Kier alpha value is -1.51. The third-order valence-electron chi connectivity index (χ3n) is 4.34. The van der Waals surface area contributed by atoms with E-state index >= 15 is 0 Å². The number of piperidine rings is 1. The van der Waals surface area contributed by atoms with Crippen molar-refractivity contribution >= 4 is 17.3 Å². The molecule has 1 heterocycles. The van der Waals surface area contributed by atoms with Crippen LogP contribution in [0.4, 0.5) is 11.4 Å². The molecule has 1 amide bonds. The van der Waals surface area contributed by atoms with Crippen LogP contribution in [-0.4, -0.2) is 18.5 Å². The molecule has 1 atom stereocenters. The van der Waals surface area contributed by atoms with Crippen molar-refractivity contribution in [3.63, 3.8) is 0 Å². The molecule has 1 aliphatic heterocycles. The zero-order valence-electron chi connectivity index (χ0n) is 13.4. The summed E-state index contributed by atoms with van der Waals surface area (Å²) in [4.78, 5) is 14.3. The molecule has 0 saturated carbocycles. The molecule has 1 aromatic rings. The van der Waals surface area contributed by atoms with Crippen LogP contribution in [0.2, 0.25) is 0 Å². The maximum Gasteiger partial charge on any atom is 0.224 e. The highest BCUT2D eigenvalue weighted by Gasteiger charge is 2.20. The Morgan fingerprint density at radius 2 is 2.00 bits per heavy atom. The first-order valence-electron chi connectivity index (χ1n) is 8.41. The van der Waals surface area contributed by atoms with Gasteiger partial charge < -0.3 is 10.2 Å². The van der Waals surface area contributed by atoms with Crippen molar-refractivity contribution in [1.82, 2.24) is 0 Å². The van der Waals surface area contributed by atoms with Crippen molar-refractivity contribution in [2.75, 3.05) is 16.8 Å². The fourth-order valence-electron chi connectivity index (χ4n) is 3.06. The predicted octanol–water partition coefficient (Wildman–Crippen LogP) is 4.58. The van der Waals surface area contributed by atoms with E-state index in [1.165, 1.54) is 31.4 Å². The number of amides is 1. The lowest BCUT2D eigenvalue weighted by atomic mass is 9.99. The van der Waals surface area contributed by atoms with Gasteiger partial charge in [-0.3, -0.25) is 4.79 Å². The van der Waals surface area contributed by atoms with Gasteiger partial charge in [0.1, 0.15) is 0 Å². The van der Waals surface area contributed by atoms with Crippen LogP contribution in [0.1, 0.15) is 58.8 Å². The first-order chi connectivity index (χ1) is 10.2. The van der Waals surface area contributed by atoms with Gasteiger partial charge in [0.15, 0.2) is 0 Å². The van der Waals surface area contributed by atoms with E-state index in [1.54, 1.807) is 0 Å². The lowest BCUT2D eigenvalue weighted by Gasteiger charge is -2.37. The van der Waals surface area contributed by atoms with Crippen LogP contribution < -0.4 is 10.2 Å². The Labute approximate surface area is 128 Å². The second-order valence-electron chi connectivity index (χ2n) is 5.95. The first-order valence-corrected chi connectivity index (χ1v) is 8.41. The zero-order valence-corrected chi connectivity index (χ0v) is 13.4. The Morgan fingerprint density at radius 3 is 2.67 bits per heavy atom. The minimum atomic E-state index is 0.119. The van der Waals surface area contributed by atoms with Crippen LogP contribution in [0.25, 0.3) is 0 Å². The van der Waals surface area contributed by atoms with Gasteiger partial charge in [-0.05, 0) is 56.4 Å². The monoisotopic (exact) mass is 288 g/mol. The predicted molar refractivity (Wildman–Crippen MR) is 89.9 cm³/mol. The van der Waals surface area contributed by atoms with Gasteiger partial charge >= 0.3 is 0 Å². The number of rotatable bonds is 6. The van der Waals surface area contributed by atoms with E-state index in [9.17, 15) is 4.79 Å². The number of carbonyl (C=O) groups excluding carboxylic acids is 1. The van der Waals surface area contributed by atoms with E-state index < -0.39 is 0 Å². The fraction of sp³-hybridized carbons (Fsp3) is 0.611. The topological polar surface area (TPSA) is 32.3 Å². The second kappa shape index (κ2) is 8.06. The second-order valence-corrected chi connectivity index (χ2v) is 5.95. The molecule has 2 rings (SSSR count). The molecule has 1 aromatic carbocycles. The number of nitrogens with zero attached hydrogens (tertiary/aromatic N) is 1. The van der Waals surface area contributed by atoms with Crippen LogP contribution in [-0.2, 0) is 4.79 Å².